The number of hydrogen-bond donors (Lipinski definition) is 1. The maximum absolute atomic E-state index is 5.83. The van der Waals surface area contributed by atoms with E-state index in [-0.39, 0.29) is 0 Å². The van der Waals surface area contributed by atoms with E-state index in [1.54, 1.807) is 11.3 Å². The number of nitrogens with two attached hydrogens (primary N) is 1. The lowest BCUT2D eigenvalue weighted by molar-refractivity contribution is 1.33. The van der Waals surface area contributed by atoms with Gasteiger partial charge in [-0.25, -0.2) is 4.98 Å². The van der Waals surface area contributed by atoms with Crippen molar-refractivity contribution in [2.75, 3.05) is 5.73 Å². The van der Waals surface area contributed by atoms with Crippen molar-refractivity contribution in [2.24, 2.45) is 0 Å². The van der Waals surface area contributed by atoms with Gasteiger partial charge in [0, 0.05) is 17.3 Å². The molecule has 0 unspecified atom stereocenters. The lowest BCUT2D eigenvalue weighted by Crippen LogP contribution is -1.84. The van der Waals surface area contributed by atoms with Gasteiger partial charge in [-0.1, -0.05) is 24.3 Å². The molecule has 2 aromatic heterocycles. The van der Waals surface area contributed by atoms with Gasteiger partial charge in [-0.2, -0.15) is 0 Å². The highest BCUT2D eigenvalue weighted by Crippen LogP contribution is 2.33. The van der Waals surface area contributed by atoms with Crippen molar-refractivity contribution in [1.82, 2.24) is 9.97 Å². The monoisotopic (exact) mass is 277 g/mol. The molecule has 0 radical (unpaired) electrons. The Morgan fingerprint density at radius 2 is 1.90 bits per heavy atom. The van der Waals surface area contributed by atoms with Gasteiger partial charge in [0.1, 0.15) is 10.7 Å². The molecule has 4 heteroatoms. The standard InChI is InChI=1S/C16H11N3S/c17-11-5-6-13-14(9-11)20-16(19-13)15-12-4-2-1-3-10(12)7-8-18-15/h1-9H,17H2. The first kappa shape index (κ1) is 11.4. The summed E-state index contributed by atoms with van der Waals surface area (Å²) >= 11 is 1.63. The van der Waals surface area contributed by atoms with Crippen LogP contribution in [0.3, 0.4) is 0 Å². The third-order valence-corrected chi connectivity index (χ3v) is 4.31. The Labute approximate surface area is 119 Å². The van der Waals surface area contributed by atoms with Crippen LogP contribution in [-0.4, -0.2) is 9.97 Å². The Bertz CT molecular complexity index is 922. The zero-order chi connectivity index (χ0) is 13.5. The fourth-order valence-electron chi connectivity index (χ4n) is 2.33. The van der Waals surface area contributed by atoms with Crippen molar-refractivity contribution in [2.45, 2.75) is 0 Å². The van der Waals surface area contributed by atoms with Gasteiger partial charge in [-0.15, -0.1) is 11.3 Å². The minimum Gasteiger partial charge on any atom is -0.399 e. The zero-order valence-corrected chi connectivity index (χ0v) is 11.4. The molecule has 3 nitrogen and oxygen atoms in total. The second-order valence-electron chi connectivity index (χ2n) is 4.63. The lowest BCUT2D eigenvalue weighted by atomic mass is 10.1. The summed E-state index contributed by atoms with van der Waals surface area (Å²) in [4.78, 5) is 9.19. The summed E-state index contributed by atoms with van der Waals surface area (Å²) in [6, 6.07) is 16.0. The van der Waals surface area contributed by atoms with Crippen molar-refractivity contribution in [3.8, 4) is 10.7 Å². The van der Waals surface area contributed by atoms with Gasteiger partial charge >= 0.3 is 0 Å². The molecule has 96 valence electrons. The second-order valence-corrected chi connectivity index (χ2v) is 5.66. The molecule has 0 fully saturated rings. The molecule has 2 heterocycles. The molecular weight excluding hydrogens is 266 g/mol. The number of pyridine rings is 1. The molecular formula is C16H11N3S. The van der Waals surface area contributed by atoms with Crippen molar-refractivity contribution >= 4 is 38.0 Å². The van der Waals surface area contributed by atoms with E-state index in [1.807, 2.05) is 42.6 Å². The van der Waals surface area contributed by atoms with E-state index in [0.29, 0.717) is 0 Å². The predicted molar refractivity (Wildman–Crippen MR) is 84.8 cm³/mol. The number of thiazole rings is 1. The molecule has 4 aromatic rings. The van der Waals surface area contributed by atoms with E-state index >= 15 is 0 Å². The summed E-state index contributed by atoms with van der Waals surface area (Å²) in [5.74, 6) is 0. The minimum atomic E-state index is 0.763. The molecule has 0 amide bonds. The van der Waals surface area contributed by atoms with Gasteiger partial charge in [-0.05, 0) is 29.7 Å². The van der Waals surface area contributed by atoms with Crippen LogP contribution in [-0.2, 0) is 0 Å². The van der Waals surface area contributed by atoms with Gasteiger partial charge in [0.2, 0.25) is 0 Å². The van der Waals surface area contributed by atoms with Crippen LogP contribution in [0.4, 0.5) is 5.69 Å². The van der Waals surface area contributed by atoms with Crippen molar-refractivity contribution in [3.63, 3.8) is 0 Å². The molecule has 0 saturated heterocycles. The molecule has 4 rings (SSSR count). The highest BCUT2D eigenvalue weighted by molar-refractivity contribution is 7.21. The third kappa shape index (κ3) is 1.73. The first-order valence-electron chi connectivity index (χ1n) is 6.31. The Balaban J connectivity index is 2.01. The zero-order valence-electron chi connectivity index (χ0n) is 10.6. The first-order valence-corrected chi connectivity index (χ1v) is 7.13. The van der Waals surface area contributed by atoms with E-state index in [4.69, 9.17) is 5.73 Å². The quantitative estimate of drug-likeness (QED) is 0.533. The number of rotatable bonds is 1. The van der Waals surface area contributed by atoms with E-state index in [2.05, 4.69) is 22.1 Å². The molecule has 0 aliphatic carbocycles. The van der Waals surface area contributed by atoms with Crippen LogP contribution in [0, 0.1) is 0 Å². The summed E-state index contributed by atoms with van der Waals surface area (Å²) < 4.78 is 1.09. The lowest BCUT2D eigenvalue weighted by Gasteiger charge is -2.01. The summed E-state index contributed by atoms with van der Waals surface area (Å²) in [7, 11) is 0. The normalized spacial score (nSPS) is 11.2. The topological polar surface area (TPSA) is 51.8 Å². The van der Waals surface area contributed by atoms with Crippen molar-refractivity contribution in [3.05, 3.63) is 54.7 Å². The SMILES string of the molecule is Nc1ccc2nc(-c3nccc4ccccc34)sc2c1. The number of nitrogen functional groups attached to an aromatic ring is 1. The fraction of sp³-hybridized carbons (Fsp3) is 0. The Morgan fingerprint density at radius 1 is 1.00 bits per heavy atom. The molecule has 0 bridgehead atoms. The highest BCUT2D eigenvalue weighted by Gasteiger charge is 2.10. The summed E-state index contributed by atoms with van der Waals surface area (Å²) in [6.07, 6.45) is 1.83. The molecule has 20 heavy (non-hydrogen) atoms. The Morgan fingerprint density at radius 3 is 2.85 bits per heavy atom. The molecule has 0 atom stereocenters. The number of aromatic nitrogens is 2. The molecule has 0 aliphatic heterocycles. The van der Waals surface area contributed by atoms with Crippen LogP contribution < -0.4 is 5.73 Å². The van der Waals surface area contributed by atoms with Gasteiger partial charge in [0.05, 0.1) is 10.2 Å². The second kappa shape index (κ2) is 4.28. The fourth-order valence-corrected chi connectivity index (χ4v) is 3.36. The number of hydrogen-bond acceptors (Lipinski definition) is 4. The number of fused-ring (bicyclic) bond motifs is 2. The van der Waals surface area contributed by atoms with E-state index < -0.39 is 0 Å². The maximum Gasteiger partial charge on any atom is 0.143 e. The van der Waals surface area contributed by atoms with E-state index in [0.717, 1.165) is 32.0 Å². The number of anilines is 1. The van der Waals surface area contributed by atoms with Gasteiger partial charge in [-0.3, -0.25) is 4.98 Å². The molecule has 0 saturated carbocycles. The molecule has 2 N–H and O–H groups in total. The molecule has 0 spiro atoms. The highest BCUT2D eigenvalue weighted by atomic mass is 32.1. The van der Waals surface area contributed by atoms with E-state index in [9.17, 15) is 0 Å². The summed E-state index contributed by atoms with van der Waals surface area (Å²) in [5, 5.41) is 3.24. The number of benzene rings is 2. The van der Waals surface area contributed by atoms with Crippen LogP contribution in [0.5, 0.6) is 0 Å². The van der Waals surface area contributed by atoms with Gasteiger partial charge in [0.15, 0.2) is 0 Å². The van der Waals surface area contributed by atoms with Crippen LogP contribution in [0.1, 0.15) is 0 Å². The smallest absolute Gasteiger partial charge is 0.143 e. The summed E-state index contributed by atoms with van der Waals surface area (Å²) in [6.45, 7) is 0. The Hall–Kier alpha value is -2.46. The third-order valence-electron chi connectivity index (χ3n) is 3.29. The van der Waals surface area contributed by atoms with Crippen LogP contribution in [0.15, 0.2) is 54.7 Å². The first-order chi connectivity index (χ1) is 9.81. The van der Waals surface area contributed by atoms with Crippen molar-refractivity contribution < 1.29 is 0 Å². The average Bonchev–Trinajstić information content (AvgIpc) is 2.89. The predicted octanol–water partition coefficient (Wildman–Crippen LogP) is 4.09. The minimum absolute atomic E-state index is 0.763. The largest absolute Gasteiger partial charge is 0.399 e. The van der Waals surface area contributed by atoms with Gasteiger partial charge < -0.3 is 5.73 Å². The van der Waals surface area contributed by atoms with Crippen LogP contribution in [0.25, 0.3) is 31.7 Å². The molecule has 0 aliphatic rings. The van der Waals surface area contributed by atoms with Crippen molar-refractivity contribution in [1.29, 1.82) is 0 Å². The van der Waals surface area contributed by atoms with Gasteiger partial charge in [0.25, 0.3) is 0 Å². The van der Waals surface area contributed by atoms with Crippen LogP contribution >= 0.6 is 11.3 Å². The number of nitrogens with zero attached hydrogens (tertiary/aromatic N) is 2. The maximum atomic E-state index is 5.83. The summed E-state index contributed by atoms with van der Waals surface area (Å²) in [5.41, 5.74) is 8.49. The Kier molecular flexibility index (Phi) is 2.44. The van der Waals surface area contributed by atoms with E-state index in [1.165, 1.54) is 5.39 Å². The molecule has 2 aromatic carbocycles. The average molecular weight is 277 g/mol. The van der Waals surface area contributed by atoms with Crippen LogP contribution in [0.2, 0.25) is 0 Å².